The van der Waals surface area contributed by atoms with Gasteiger partial charge in [-0.25, -0.2) is 0 Å². The molecule has 2 nitrogen and oxygen atoms in total. The van der Waals surface area contributed by atoms with Gasteiger partial charge in [0, 0.05) is 11.4 Å². The van der Waals surface area contributed by atoms with Crippen LogP contribution >= 0.6 is 15.9 Å². The van der Waals surface area contributed by atoms with Gasteiger partial charge in [0.05, 0.1) is 13.2 Å². The molecule has 0 spiro atoms. The molecular weight excluding hydrogens is 304 g/mol. The van der Waals surface area contributed by atoms with Crippen LogP contribution in [0.4, 0.5) is 0 Å². The summed E-state index contributed by atoms with van der Waals surface area (Å²) in [6, 6.07) is 8.34. The molecule has 1 unspecified atom stereocenters. The van der Waals surface area contributed by atoms with Crippen molar-refractivity contribution in [3.63, 3.8) is 0 Å². The van der Waals surface area contributed by atoms with Crippen LogP contribution in [0.3, 0.4) is 0 Å². The van der Waals surface area contributed by atoms with Crippen LogP contribution in [0.5, 0.6) is 5.75 Å². The zero-order valence-corrected chi connectivity index (χ0v) is 13.4. The minimum atomic E-state index is 0.520. The monoisotopic (exact) mass is 326 g/mol. The van der Waals surface area contributed by atoms with E-state index < -0.39 is 0 Å². The van der Waals surface area contributed by atoms with Crippen LogP contribution in [-0.4, -0.2) is 24.6 Å². The van der Waals surface area contributed by atoms with Crippen molar-refractivity contribution in [2.45, 2.75) is 43.5 Å². The minimum absolute atomic E-state index is 0.520. The topological polar surface area (TPSA) is 18.5 Å². The second-order valence-electron chi connectivity index (χ2n) is 5.30. The molecule has 106 valence electrons. The number of hydrogen-bond acceptors (Lipinski definition) is 2. The van der Waals surface area contributed by atoms with Crippen molar-refractivity contribution in [1.82, 2.24) is 0 Å². The largest absolute Gasteiger partial charge is 0.497 e. The highest BCUT2D eigenvalue weighted by atomic mass is 79.9. The fourth-order valence-electron chi connectivity index (χ4n) is 2.74. The average molecular weight is 327 g/mol. The number of benzene rings is 1. The fourth-order valence-corrected chi connectivity index (χ4v) is 3.64. The SMILES string of the molecule is CCOC1CC(CC(Br)Cc2cccc(OC)c2)C1. The van der Waals surface area contributed by atoms with Gasteiger partial charge in [-0.3, -0.25) is 0 Å². The lowest BCUT2D eigenvalue weighted by Gasteiger charge is -2.36. The molecule has 0 amide bonds. The van der Waals surface area contributed by atoms with Gasteiger partial charge in [0.2, 0.25) is 0 Å². The van der Waals surface area contributed by atoms with E-state index >= 15 is 0 Å². The third-order valence-corrected chi connectivity index (χ3v) is 4.47. The standard InChI is InChI=1S/C16H23BrO2/c1-3-19-16-10-13(11-16)8-14(17)7-12-5-4-6-15(9-12)18-2/h4-6,9,13-14,16H,3,7-8,10-11H2,1-2H3. The molecule has 1 aromatic rings. The Bertz CT molecular complexity index is 388. The minimum Gasteiger partial charge on any atom is -0.497 e. The third kappa shape index (κ3) is 4.50. The lowest BCUT2D eigenvalue weighted by Crippen LogP contribution is -2.33. The summed E-state index contributed by atoms with van der Waals surface area (Å²) in [7, 11) is 1.72. The Hall–Kier alpha value is -0.540. The van der Waals surface area contributed by atoms with Gasteiger partial charge in [-0.15, -0.1) is 0 Å². The molecule has 1 aliphatic rings. The Morgan fingerprint density at radius 2 is 2.16 bits per heavy atom. The van der Waals surface area contributed by atoms with Crippen LogP contribution < -0.4 is 4.74 Å². The summed E-state index contributed by atoms with van der Waals surface area (Å²) >= 11 is 3.81. The quantitative estimate of drug-likeness (QED) is 0.699. The summed E-state index contributed by atoms with van der Waals surface area (Å²) in [6.07, 6.45) is 5.28. The van der Waals surface area contributed by atoms with Gasteiger partial charge in [0.25, 0.3) is 0 Å². The zero-order chi connectivity index (χ0) is 13.7. The first-order chi connectivity index (χ1) is 9.21. The van der Waals surface area contributed by atoms with E-state index in [4.69, 9.17) is 9.47 Å². The van der Waals surface area contributed by atoms with Gasteiger partial charge in [0.1, 0.15) is 5.75 Å². The molecule has 1 aromatic carbocycles. The number of hydrogen-bond donors (Lipinski definition) is 0. The Morgan fingerprint density at radius 1 is 1.37 bits per heavy atom. The maximum absolute atomic E-state index is 5.61. The van der Waals surface area contributed by atoms with Gasteiger partial charge in [0.15, 0.2) is 0 Å². The molecule has 1 atom stereocenters. The van der Waals surface area contributed by atoms with Gasteiger partial charge >= 0.3 is 0 Å². The summed E-state index contributed by atoms with van der Waals surface area (Å²) in [5, 5.41) is 0. The number of halogens is 1. The highest BCUT2D eigenvalue weighted by Gasteiger charge is 2.30. The van der Waals surface area contributed by atoms with E-state index in [2.05, 4.69) is 41.1 Å². The van der Waals surface area contributed by atoms with Gasteiger partial charge in [-0.2, -0.15) is 0 Å². The van der Waals surface area contributed by atoms with Crippen molar-refractivity contribution in [2.75, 3.05) is 13.7 Å². The van der Waals surface area contributed by atoms with Crippen molar-refractivity contribution >= 4 is 15.9 Å². The molecule has 2 rings (SSSR count). The zero-order valence-electron chi connectivity index (χ0n) is 11.8. The lowest BCUT2D eigenvalue weighted by molar-refractivity contribution is -0.0263. The number of rotatable bonds is 7. The first-order valence-corrected chi connectivity index (χ1v) is 8.01. The summed E-state index contributed by atoms with van der Waals surface area (Å²) < 4.78 is 10.9. The third-order valence-electron chi connectivity index (χ3n) is 3.78. The maximum atomic E-state index is 5.61. The van der Waals surface area contributed by atoms with Crippen molar-refractivity contribution < 1.29 is 9.47 Å². The Balaban J connectivity index is 1.74. The molecular formula is C16H23BrO2. The molecule has 0 aromatic heterocycles. The molecule has 0 bridgehead atoms. The number of alkyl halides is 1. The molecule has 0 radical (unpaired) electrons. The normalized spacial score (nSPS) is 23.7. The number of methoxy groups -OCH3 is 1. The van der Waals surface area contributed by atoms with E-state index in [0.717, 1.165) is 24.7 Å². The molecule has 0 aliphatic heterocycles. The molecule has 0 N–H and O–H groups in total. The Labute approximate surface area is 124 Å². The van der Waals surface area contributed by atoms with Crippen molar-refractivity contribution in [3.8, 4) is 5.75 Å². The summed E-state index contributed by atoms with van der Waals surface area (Å²) in [6.45, 7) is 2.92. The molecule has 1 saturated carbocycles. The Kier molecular flexibility index (Phi) is 5.71. The summed E-state index contributed by atoms with van der Waals surface area (Å²) in [4.78, 5) is 0.548. The van der Waals surface area contributed by atoms with E-state index in [1.54, 1.807) is 7.11 Å². The van der Waals surface area contributed by atoms with Crippen LogP contribution in [0.2, 0.25) is 0 Å². The predicted octanol–water partition coefficient (Wildman–Crippen LogP) is 4.21. The van der Waals surface area contributed by atoms with Gasteiger partial charge in [-0.1, -0.05) is 28.1 Å². The molecule has 0 saturated heterocycles. The van der Waals surface area contributed by atoms with Crippen molar-refractivity contribution in [3.05, 3.63) is 29.8 Å². The second-order valence-corrected chi connectivity index (χ2v) is 6.60. The smallest absolute Gasteiger partial charge is 0.119 e. The van der Waals surface area contributed by atoms with E-state index in [0.29, 0.717) is 10.9 Å². The van der Waals surface area contributed by atoms with Crippen LogP contribution in [-0.2, 0) is 11.2 Å². The lowest BCUT2D eigenvalue weighted by atomic mass is 9.79. The molecule has 1 aliphatic carbocycles. The highest BCUT2D eigenvalue weighted by molar-refractivity contribution is 9.09. The highest BCUT2D eigenvalue weighted by Crippen LogP contribution is 2.35. The van der Waals surface area contributed by atoms with E-state index in [1.165, 1.54) is 24.8 Å². The van der Waals surface area contributed by atoms with Crippen molar-refractivity contribution in [1.29, 1.82) is 0 Å². The molecule has 3 heteroatoms. The maximum Gasteiger partial charge on any atom is 0.119 e. The van der Waals surface area contributed by atoms with E-state index in [1.807, 2.05) is 6.07 Å². The van der Waals surface area contributed by atoms with E-state index in [-0.39, 0.29) is 0 Å². The predicted molar refractivity (Wildman–Crippen MR) is 82.2 cm³/mol. The molecule has 19 heavy (non-hydrogen) atoms. The summed E-state index contributed by atoms with van der Waals surface area (Å²) in [5.74, 6) is 1.77. The van der Waals surface area contributed by atoms with Crippen LogP contribution in [0.15, 0.2) is 24.3 Å². The van der Waals surface area contributed by atoms with E-state index in [9.17, 15) is 0 Å². The molecule has 1 fully saturated rings. The first kappa shape index (κ1) is 14.9. The second kappa shape index (κ2) is 7.30. The fraction of sp³-hybridized carbons (Fsp3) is 0.625. The van der Waals surface area contributed by atoms with Crippen LogP contribution in [0.25, 0.3) is 0 Å². The van der Waals surface area contributed by atoms with Crippen LogP contribution in [0.1, 0.15) is 31.7 Å². The first-order valence-electron chi connectivity index (χ1n) is 7.09. The average Bonchev–Trinajstić information content (AvgIpc) is 2.36. The van der Waals surface area contributed by atoms with Crippen molar-refractivity contribution in [2.24, 2.45) is 5.92 Å². The van der Waals surface area contributed by atoms with Crippen LogP contribution in [0, 0.1) is 5.92 Å². The molecule has 0 heterocycles. The summed E-state index contributed by atoms with van der Waals surface area (Å²) in [5.41, 5.74) is 1.34. The Morgan fingerprint density at radius 3 is 2.84 bits per heavy atom. The number of ether oxygens (including phenoxy) is 2. The van der Waals surface area contributed by atoms with Gasteiger partial charge < -0.3 is 9.47 Å². The van der Waals surface area contributed by atoms with Gasteiger partial charge in [-0.05, 0) is 56.2 Å².